The first-order chi connectivity index (χ1) is 6.59. The van der Waals surface area contributed by atoms with Gasteiger partial charge in [0, 0.05) is 6.42 Å². The predicted octanol–water partition coefficient (Wildman–Crippen LogP) is 3.23. The zero-order valence-corrected chi connectivity index (χ0v) is 9.12. The first-order valence-electron chi connectivity index (χ1n) is 5.49. The van der Waals surface area contributed by atoms with E-state index in [4.69, 9.17) is 5.11 Å². The number of allylic oxidation sites excluding steroid dienone is 2. The molecule has 0 saturated carbocycles. The lowest BCUT2D eigenvalue weighted by Gasteiger charge is -2.24. The lowest BCUT2D eigenvalue weighted by molar-refractivity contribution is -0.136. The first kappa shape index (κ1) is 11.3. The van der Waals surface area contributed by atoms with Gasteiger partial charge in [0.15, 0.2) is 0 Å². The minimum Gasteiger partial charge on any atom is -0.481 e. The van der Waals surface area contributed by atoms with Gasteiger partial charge >= 0.3 is 5.97 Å². The normalized spacial score (nSPS) is 22.2. The van der Waals surface area contributed by atoms with Crippen molar-refractivity contribution in [2.75, 3.05) is 0 Å². The number of carboxylic acids is 1. The minimum atomic E-state index is -0.683. The average molecular weight is 196 g/mol. The Morgan fingerprint density at radius 3 is 2.79 bits per heavy atom. The maximum atomic E-state index is 10.4. The summed E-state index contributed by atoms with van der Waals surface area (Å²) in [6, 6.07) is 0. The third kappa shape index (κ3) is 3.52. The van der Waals surface area contributed by atoms with Crippen molar-refractivity contribution < 1.29 is 9.90 Å². The Morgan fingerprint density at radius 1 is 1.64 bits per heavy atom. The Bertz CT molecular complexity index is 228. The molecule has 1 aliphatic rings. The van der Waals surface area contributed by atoms with Crippen LogP contribution in [0.25, 0.3) is 0 Å². The number of carbonyl (C=O) groups is 1. The van der Waals surface area contributed by atoms with Gasteiger partial charge in [0.1, 0.15) is 0 Å². The summed E-state index contributed by atoms with van der Waals surface area (Å²) in [6.45, 7) is 4.53. The second-order valence-corrected chi connectivity index (χ2v) is 4.53. The molecule has 80 valence electrons. The van der Waals surface area contributed by atoms with Crippen molar-refractivity contribution in [3.05, 3.63) is 11.6 Å². The molecule has 14 heavy (non-hydrogen) atoms. The summed E-state index contributed by atoms with van der Waals surface area (Å²) in [7, 11) is 0. The van der Waals surface area contributed by atoms with Crippen molar-refractivity contribution in [1.29, 1.82) is 0 Å². The van der Waals surface area contributed by atoms with Gasteiger partial charge in [0.2, 0.25) is 0 Å². The van der Waals surface area contributed by atoms with E-state index in [0.29, 0.717) is 0 Å². The molecule has 0 saturated heterocycles. The molecule has 0 bridgehead atoms. The molecule has 0 radical (unpaired) electrons. The van der Waals surface area contributed by atoms with Crippen LogP contribution in [-0.4, -0.2) is 11.1 Å². The molecule has 1 N–H and O–H groups in total. The smallest absolute Gasteiger partial charge is 0.303 e. The molecule has 2 nitrogen and oxygen atoms in total. The Morgan fingerprint density at radius 2 is 2.36 bits per heavy atom. The van der Waals surface area contributed by atoms with Crippen molar-refractivity contribution in [2.45, 2.75) is 46.0 Å². The second kappa shape index (κ2) is 5.18. The summed E-state index contributed by atoms with van der Waals surface area (Å²) >= 11 is 0. The molecule has 1 rings (SSSR count). The monoisotopic (exact) mass is 196 g/mol. The van der Waals surface area contributed by atoms with Crippen LogP contribution in [-0.2, 0) is 4.79 Å². The third-order valence-corrected chi connectivity index (χ3v) is 3.15. The fourth-order valence-corrected chi connectivity index (χ4v) is 2.01. The molecule has 0 fully saturated rings. The average Bonchev–Trinajstić information content (AvgIpc) is 2.15. The quantitative estimate of drug-likeness (QED) is 0.701. The molecule has 1 atom stereocenters. The SMILES string of the molecule is CC(C)C1CC=C(CCC(=O)O)CC1. The van der Waals surface area contributed by atoms with Crippen LogP contribution in [0.4, 0.5) is 0 Å². The molecule has 2 heteroatoms. The molecule has 1 unspecified atom stereocenters. The molecule has 1 aliphatic carbocycles. The van der Waals surface area contributed by atoms with E-state index in [9.17, 15) is 4.79 Å². The van der Waals surface area contributed by atoms with Crippen LogP contribution in [0.2, 0.25) is 0 Å². The number of rotatable bonds is 4. The van der Waals surface area contributed by atoms with Crippen molar-refractivity contribution >= 4 is 5.97 Å². The van der Waals surface area contributed by atoms with Crippen molar-refractivity contribution in [3.63, 3.8) is 0 Å². The number of hydrogen-bond donors (Lipinski definition) is 1. The van der Waals surface area contributed by atoms with E-state index in [1.165, 1.54) is 12.0 Å². The topological polar surface area (TPSA) is 37.3 Å². The zero-order valence-electron chi connectivity index (χ0n) is 9.12. The van der Waals surface area contributed by atoms with Gasteiger partial charge in [-0.25, -0.2) is 0 Å². The molecule has 0 aliphatic heterocycles. The maximum Gasteiger partial charge on any atom is 0.303 e. The van der Waals surface area contributed by atoms with Crippen LogP contribution in [0.5, 0.6) is 0 Å². The summed E-state index contributed by atoms with van der Waals surface area (Å²) in [4.78, 5) is 10.4. The highest BCUT2D eigenvalue weighted by Gasteiger charge is 2.17. The van der Waals surface area contributed by atoms with E-state index in [1.54, 1.807) is 0 Å². The predicted molar refractivity (Wildman–Crippen MR) is 57.1 cm³/mol. The Hall–Kier alpha value is -0.790. The highest BCUT2D eigenvalue weighted by molar-refractivity contribution is 5.67. The van der Waals surface area contributed by atoms with Gasteiger partial charge in [-0.1, -0.05) is 25.5 Å². The molecule has 0 spiro atoms. The van der Waals surface area contributed by atoms with E-state index >= 15 is 0 Å². The largest absolute Gasteiger partial charge is 0.481 e. The van der Waals surface area contributed by atoms with Crippen LogP contribution in [0.1, 0.15) is 46.0 Å². The highest BCUT2D eigenvalue weighted by Crippen LogP contribution is 2.30. The van der Waals surface area contributed by atoms with E-state index in [-0.39, 0.29) is 6.42 Å². The van der Waals surface area contributed by atoms with Gasteiger partial charge in [-0.3, -0.25) is 4.79 Å². The van der Waals surface area contributed by atoms with Crippen molar-refractivity contribution in [3.8, 4) is 0 Å². The summed E-state index contributed by atoms with van der Waals surface area (Å²) < 4.78 is 0. The summed E-state index contributed by atoms with van der Waals surface area (Å²) in [5.74, 6) is 0.882. The number of aliphatic carboxylic acids is 1. The number of carboxylic acid groups (broad SMARTS) is 1. The van der Waals surface area contributed by atoms with Gasteiger partial charge in [0.05, 0.1) is 0 Å². The molecule has 0 aromatic rings. The Kier molecular flexibility index (Phi) is 4.18. The van der Waals surface area contributed by atoms with Crippen LogP contribution < -0.4 is 0 Å². The van der Waals surface area contributed by atoms with E-state index in [2.05, 4.69) is 19.9 Å². The van der Waals surface area contributed by atoms with E-state index < -0.39 is 5.97 Å². The van der Waals surface area contributed by atoms with Gasteiger partial charge in [-0.2, -0.15) is 0 Å². The molecule has 0 amide bonds. The minimum absolute atomic E-state index is 0.290. The summed E-state index contributed by atoms with van der Waals surface area (Å²) in [6.07, 6.45) is 6.79. The molecule has 0 heterocycles. The van der Waals surface area contributed by atoms with Crippen molar-refractivity contribution in [1.82, 2.24) is 0 Å². The molecule has 0 aromatic carbocycles. The fourth-order valence-electron chi connectivity index (χ4n) is 2.01. The van der Waals surface area contributed by atoms with Crippen molar-refractivity contribution in [2.24, 2.45) is 11.8 Å². The molecule has 0 aromatic heterocycles. The van der Waals surface area contributed by atoms with Gasteiger partial charge in [-0.05, 0) is 37.5 Å². The van der Waals surface area contributed by atoms with Crippen LogP contribution in [0, 0.1) is 11.8 Å². The fraction of sp³-hybridized carbons (Fsp3) is 0.750. The lowest BCUT2D eigenvalue weighted by atomic mass is 9.81. The Balaban J connectivity index is 2.33. The second-order valence-electron chi connectivity index (χ2n) is 4.53. The zero-order chi connectivity index (χ0) is 10.6. The first-order valence-corrected chi connectivity index (χ1v) is 5.49. The number of hydrogen-bond acceptors (Lipinski definition) is 1. The lowest BCUT2D eigenvalue weighted by Crippen LogP contribution is -2.12. The third-order valence-electron chi connectivity index (χ3n) is 3.15. The molecular formula is C12H20O2. The highest BCUT2D eigenvalue weighted by atomic mass is 16.4. The summed E-state index contributed by atoms with van der Waals surface area (Å²) in [5.41, 5.74) is 1.35. The van der Waals surface area contributed by atoms with E-state index in [1.807, 2.05) is 0 Å². The van der Waals surface area contributed by atoms with Crippen LogP contribution in [0.3, 0.4) is 0 Å². The maximum absolute atomic E-state index is 10.4. The van der Waals surface area contributed by atoms with E-state index in [0.717, 1.165) is 31.1 Å². The van der Waals surface area contributed by atoms with Gasteiger partial charge in [-0.15, -0.1) is 0 Å². The summed E-state index contributed by atoms with van der Waals surface area (Å²) in [5, 5.41) is 8.56. The standard InChI is InChI=1S/C12H20O2/c1-9(2)11-6-3-10(4-7-11)5-8-12(13)14/h3,9,11H,4-8H2,1-2H3,(H,13,14). The van der Waals surface area contributed by atoms with Crippen LogP contribution >= 0.6 is 0 Å². The Labute approximate surface area is 86.0 Å². The van der Waals surface area contributed by atoms with Crippen LogP contribution in [0.15, 0.2) is 11.6 Å². The van der Waals surface area contributed by atoms with Gasteiger partial charge < -0.3 is 5.11 Å². The van der Waals surface area contributed by atoms with Gasteiger partial charge in [0.25, 0.3) is 0 Å². The molecular weight excluding hydrogens is 176 g/mol.